The molecule has 24 heavy (non-hydrogen) atoms. The van der Waals surface area contributed by atoms with Gasteiger partial charge in [-0.15, -0.1) is 0 Å². The van der Waals surface area contributed by atoms with E-state index in [2.05, 4.69) is 65.2 Å². The maximum atomic E-state index is 11.9. The third kappa shape index (κ3) is 5.36. The fourth-order valence-electron chi connectivity index (χ4n) is 1.89. The van der Waals surface area contributed by atoms with Gasteiger partial charge in [0.15, 0.2) is 6.61 Å². The second kappa shape index (κ2) is 8.69. The van der Waals surface area contributed by atoms with E-state index < -0.39 is 0 Å². The van der Waals surface area contributed by atoms with Crippen LogP contribution in [0.25, 0.3) is 5.70 Å². The Labute approximate surface area is 166 Å². The molecular formula is C17H15Br3N2O2. The molecule has 0 atom stereocenters. The topological polar surface area (TPSA) is 50.4 Å². The minimum absolute atomic E-state index is 0.126. The van der Waals surface area contributed by atoms with Crippen LogP contribution in [0.2, 0.25) is 0 Å². The van der Waals surface area contributed by atoms with Gasteiger partial charge in [-0.25, -0.2) is 0 Å². The third-order valence-electron chi connectivity index (χ3n) is 3.02. The summed E-state index contributed by atoms with van der Waals surface area (Å²) in [4.78, 5) is 11.9. The molecule has 0 aromatic heterocycles. The summed E-state index contributed by atoms with van der Waals surface area (Å²) < 4.78 is 8.07. The highest BCUT2D eigenvalue weighted by atomic mass is 79.9. The van der Waals surface area contributed by atoms with Crippen LogP contribution >= 0.6 is 47.8 Å². The number of halogens is 3. The molecule has 4 nitrogen and oxygen atoms in total. The summed E-state index contributed by atoms with van der Waals surface area (Å²) in [7, 11) is 0. The van der Waals surface area contributed by atoms with E-state index in [-0.39, 0.29) is 12.5 Å². The van der Waals surface area contributed by atoms with Crippen molar-refractivity contribution in [2.24, 2.45) is 0 Å². The molecule has 2 aromatic rings. The van der Waals surface area contributed by atoms with Gasteiger partial charge in [-0.2, -0.15) is 0 Å². The largest absolute Gasteiger partial charge is 0.481 e. The highest BCUT2D eigenvalue weighted by Crippen LogP contribution is 2.34. The molecule has 126 valence electrons. The number of carbonyl (C=O) groups is 1. The highest BCUT2D eigenvalue weighted by molar-refractivity contribution is 9.11. The predicted molar refractivity (Wildman–Crippen MR) is 107 cm³/mol. The lowest BCUT2D eigenvalue weighted by atomic mass is 10.2. The average Bonchev–Trinajstić information content (AvgIpc) is 2.51. The average molecular weight is 519 g/mol. The van der Waals surface area contributed by atoms with Crippen molar-refractivity contribution in [1.29, 1.82) is 0 Å². The van der Waals surface area contributed by atoms with Crippen LogP contribution in [-0.2, 0) is 4.79 Å². The Morgan fingerprint density at radius 2 is 1.79 bits per heavy atom. The van der Waals surface area contributed by atoms with Crippen LogP contribution in [0, 0.1) is 6.92 Å². The first-order chi connectivity index (χ1) is 11.4. The van der Waals surface area contributed by atoms with Crippen molar-refractivity contribution in [2.45, 2.75) is 6.92 Å². The van der Waals surface area contributed by atoms with Crippen LogP contribution in [0.4, 0.5) is 0 Å². The van der Waals surface area contributed by atoms with Gasteiger partial charge in [0.05, 0.1) is 14.6 Å². The zero-order valence-corrected chi connectivity index (χ0v) is 17.6. The molecule has 0 fully saturated rings. The van der Waals surface area contributed by atoms with Gasteiger partial charge in [0.2, 0.25) is 0 Å². The predicted octanol–water partition coefficient (Wildman–Crippen LogP) is 4.95. The first-order valence-electron chi connectivity index (χ1n) is 6.95. The summed E-state index contributed by atoms with van der Waals surface area (Å²) in [6, 6.07) is 11.4. The van der Waals surface area contributed by atoms with Crippen molar-refractivity contribution in [3.63, 3.8) is 0 Å². The maximum absolute atomic E-state index is 11.9. The van der Waals surface area contributed by atoms with Gasteiger partial charge < -0.3 is 4.74 Å². The molecule has 0 saturated carbocycles. The van der Waals surface area contributed by atoms with Gasteiger partial charge in [0.1, 0.15) is 5.75 Å². The third-order valence-corrected chi connectivity index (χ3v) is 4.69. The number of nitrogens with one attached hydrogen (secondary N) is 2. The molecule has 2 N–H and O–H groups in total. The summed E-state index contributed by atoms with van der Waals surface area (Å²) in [5.74, 6) is 0.270. The van der Waals surface area contributed by atoms with Crippen LogP contribution in [0.1, 0.15) is 11.1 Å². The number of benzene rings is 2. The smallest absolute Gasteiger partial charge is 0.276 e. The van der Waals surface area contributed by atoms with Crippen LogP contribution in [-0.4, -0.2) is 12.5 Å². The van der Waals surface area contributed by atoms with Crippen LogP contribution in [0.15, 0.2) is 56.4 Å². The van der Waals surface area contributed by atoms with Crippen molar-refractivity contribution < 1.29 is 9.53 Å². The molecule has 0 aliphatic rings. The normalized spacial score (nSPS) is 10.2. The van der Waals surface area contributed by atoms with Gasteiger partial charge in [-0.3, -0.25) is 15.6 Å². The number of carbonyl (C=O) groups excluding carboxylic acids is 1. The number of aryl methyl sites for hydroxylation is 1. The van der Waals surface area contributed by atoms with Crippen molar-refractivity contribution in [1.82, 2.24) is 10.9 Å². The van der Waals surface area contributed by atoms with Gasteiger partial charge in [-0.1, -0.05) is 34.6 Å². The number of rotatable bonds is 6. The molecule has 0 saturated heterocycles. The van der Waals surface area contributed by atoms with Gasteiger partial charge in [-0.05, 0) is 74.2 Å². The minimum Gasteiger partial charge on any atom is -0.481 e. The molecule has 0 heterocycles. The standard InChI is InChI=1S/C17H15Br3N2O2/c1-10-6-14(19)17(15(20)7-10)24-9-16(23)22-21-11(2)12-4-3-5-13(18)8-12/h3-8,21H,2,9H2,1H3,(H,22,23). The Hall–Kier alpha value is -1.31. The van der Waals surface area contributed by atoms with E-state index in [0.29, 0.717) is 11.4 Å². The molecule has 0 radical (unpaired) electrons. The Morgan fingerprint density at radius 1 is 1.12 bits per heavy atom. The quantitative estimate of drug-likeness (QED) is 0.532. The van der Waals surface area contributed by atoms with Crippen LogP contribution < -0.4 is 15.6 Å². The summed E-state index contributed by atoms with van der Waals surface area (Å²) in [5, 5.41) is 0. The summed E-state index contributed by atoms with van der Waals surface area (Å²) in [6.07, 6.45) is 0. The van der Waals surface area contributed by atoms with Gasteiger partial charge in [0, 0.05) is 4.47 Å². The molecule has 0 bridgehead atoms. The number of hydrazine groups is 1. The monoisotopic (exact) mass is 516 g/mol. The molecule has 0 aliphatic heterocycles. The van der Waals surface area contributed by atoms with E-state index >= 15 is 0 Å². The first kappa shape index (κ1) is 19.0. The maximum Gasteiger partial charge on any atom is 0.276 e. The van der Waals surface area contributed by atoms with Gasteiger partial charge in [0.25, 0.3) is 5.91 Å². The fourth-order valence-corrected chi connectivity index (χ4v) is 3.94. The van der Waals surface area contributed by atoms with E-state index in [1.807, 2.05) is 43.3 Å². The van der Waals surface area contributed by atoms with Crippen molar-refractivity contribution >= 4 is 59.4 Å². The van der Waals surface area contributed by atoms with Crippen LogP contribution in [0.3, 0.4) is 0 Å². The second-order valence-corrected chi connectivity index (χ2v) is 7.63. The highest BCUT2D eigenvalue weighted by Gasteiger charge is 2.10. The van der Waals surface area contributed by atoms with E-state index in [4.69, 9.17) is 4.74 Å². The Morgan fingerprint density at radius 3 is 2.42 bits per heavy atom. The molecular weight excluding hydrogens is 504 g/mol. The van der Waals surface area contributed by atoms with E-state index in [0.717, 1.165) is 24.5 Å². The summed E-state index contributed by atoms with van der Waals surface area (Å²) >= 11 is 10.2. The number of amides is 1. The Bertz CT molecular complexity index is 755. The lowest BCUT2D eigenvalue weighted by Crippen LogP contribution is -2.39. The van der Waals surface area contributed by atoms with Crippen molar-refractivity contribution in [3.8, 4) is 5.75 Å². The molecule has 0 aliphatic carbocycles. The fraction of sp³-hybridized carbons (Fsp3) is 0.118. The summed E-state index contributed by atoms with van der Waals surface area (Å²) in [6.45, 7) is 5.74. The molecule has 0 spiro atoms. The van der Waals surface area contributed by atoms with Crippen molar-refractivity contribution in [2.75, 3.05) is 6.61 Å². The Kier molecular flexibility index (Phi) is 6.89. The SMILES string of the molecule is C=C(NNC(=O)COc1c(Br)cc(C)cc1Br)c1cccc(Br)c1. The Balaban J connectivity index is 1.87. The lowest BCUT2D eigenvalue weighted by molar-refractivity contribution is -0.123. The molecule has 2 rings (SSSR count). The molecule has 7 heteroatoms. The number of hydrogen-bond donors (Lipinski definition) is 2. The molecule has 1 amide bonds. The van der Waals surface area contributed by atoms with E-state index in [1.165, 1.54) is 0 Å². The zero-order chi connectivity index (χ0) is 17.7. The number of hydrogen-bond acceptors (Lipinski definition) is 3. The lowest BCUT2D eigenvalue weighted by Gasteiger charge is -2.13. The van der Waals surface area contributed by atoms with E-state index in [9.17, 15) is 4.79 Å². The van der Waals surface area contributed by atoms with Gasteiger partial charge >= 0.3 is 0 Å². The molecule has 2 aromatic carbocycles. The van der Waals surface area contributed by atoms with Crippen molar-refractivity contribution in [3.05, 3.63) is 67.5 Å². The summed E-state index contributed by atoms with van der Waals surface area (Å²) in [5.41, 5.74) is 7.88. The zero-order valence-electron chi connectivity index (χ0n) is 12.8. The molecule has 0 unspecified atom stereocenters. The first-order valence-corrected chi connectivity index (χ1v) is 9.33. The minimum atomic E-state index is -0.314. The van der Waals surface area contributed by atoms with E-state index in [1.54, 1.807) is 0 Å². The second-order valence-electron chi connectivity index (χ2n) is 5.01. The number of ether oxygens (including phenoxy) is 1. The van der Waals surface area contributed by atoms with Crippen LogP contribution in [0.5, 0.6) is 5.75 Å².